The van der Waals surface area contributed by atoms with Crippen LogP contribution in [0.15, 0.2) is 46.9 Å². The van der Waals surface area contributed by atoms with E-state index in [4.69, 9.17) is 22.1 Å². The van der Waals surface area contributed by atoms with E-state index >= 15 is 0 Å². The number of benzene rings is 2. The zero-order valence-electron chi connectivity index (χ0n) is 10.4. The normalized spacial score (nSPS) is 10.1. The van der Waals surface area contributed by atoms with Crippen LogP contribution < -0.4 is 15.8 Å². The molecule has 3 N–H and O–H groups in total. The van der Waals surface area contributed by atoms with Gasteiger partial charge in [-0.1, -0.05) is 17.7 Å². The molecule has 0 bridgehead atoms. The lowest BCUT2D eigenvalue weighted by Crippen LogP contribution is -2.20. The van der Waals surface area contributed by atoms with Crippen LogP contribution in [0.25, 0.3) is 0 Å². The molecule has 20 heavy (non-hydrogen) atoms. The Labute approximate surface area is 130 Å². The van der Waals surface area contributed by atoms with E-state index in [-0.39, 0.29) is 12.5 Å². The smallest absolute Gasteiger partial charge is 0.262 e. The van der Waals surface area contributed by atoms with Gasteiger partial charge in [0, 0.05) is 15.2 Å². The Kier molecular flexibility index (Phi) is 4.87. The third kappa shape index (κ3) is 4.15. The van der Waals surface area contributed by atoms with Crippen LogP contribution in [-0.2, 0) is 4.79 Å². The minimum absolute atomic E-state index is 0.110. The number of anilines is 2. The first-order valence-corrected chi connectivity index (χ1v) is 6.95. The van der Waals surface area contributed by atoms with E-state index in [0.29, 0.717) is 22.1 Å². The number of nitrogens with one attached hydrogen (secondary N) is 1. The molecule has 1 amide bonds. The van der Waals surface area contributed by atoms with Crippen molar-refractivity contribution >= 4 is 44.8 Å². The molecule has 0 aliphatic rings. The standard InChI is InChI=1S/C14H12BrClN2O2/c15-12-5-4-10(17)7-13(12)18-14(19)8-20-11-3-1-2-9(16)6-11/h1-7H,8,17H2,(H,18,19). The average molecular weight is 356 g/mol. The van der Waals surface area contributed by atoms with Gasteiger partial charge < -0.3 is 15.8 Å². The van der Waals surface area contributed by atoms with E-state index in [1.165, 1.54) is 0 Å². The van der Waals surface area contributed by atoms with Crippen molar-refractivity contribution in [2.75, 3.05) is 17.7 Å². The van der Waals surface area contributed by atoms with Crippen LogP contribution in [0.4, 0.5) is 11.4 Å². The van der Waals surface area contributed by atoms with Crippen molar-refractivity contribution in [1.82, 2.24) is 0 Å². The molecule has 0 fully saturated rings. The van der Waals surface area contributed by atoms with Gasteiger partial charge in [-0.3, -0.25) is 4.79 Å². The van der Waals surface area contributed by atoms with Gasteiger partial charge in [-0.2, -0.15) is 0 Å². The van der Waals surface area contributed by atoms with Crippen molar-refractivity contribution in [2.24, 2.45) is 0 Å². The third-order valence-electron chi connectivity index (χ3n) is 2.43. The summed E-state index contributed by atoms with van der Waals surface area (Å²) in [4.78, 5) is 11.8. The number of carbonyl (C=O) groups is 1. The molecule has 0 atom stereocenters. The summed E-state index contributed by atoms with van der Waals surface area (Å²) in [5, 5.41) is 3.27. The lowest BCUT2D eigenvalue weighted by molar-refractivity contribution is -0.118. The second kappa shape index (κ2) is 6.63. The Bertz CT molecular complexity index is 634. The molecule has 0 aliphatic heterocycles. The quantitative estimate of drug-likeness (QED) is 0.822. The Morgan fingerprint density at radius 2 is 2.10 bits per heavy atom. The molecule has 0 saturated heterocycles. The van der Waals surface area contributed by atoms with Gasteiger partial charge in [-0.25, -0.2) is 0 Å². The largest absolute Gasteiger partial charge is 0.484 e. The zero-order chi connectivity index (χ0) is 14.5. The molecule has 2 rings (SSSR count). The monoisotopic (exact) mass is 354 g/mol. The summed E-state index contributed by atoms with van der Waals surface area (Å²) in [6, 6.07) is 12.0. The van der Waals surface area contributed by atoms with E-state index in [0.717, 1.165) is 4.47 Å². The lowest BCUT2D eigenvalue weighted by atomic mass is 10.3. The Morgan fingerprint density at radius 1 is 1.30 bits per heavy atom. The average Bonchev–Trinajstić information content (AvgIpc) is 2.41. The summed E-state index contributed by atoms with van der Waals surface area (Å²) in [7, 11) is 0. The molecule has 0 radical (unpaired) electrons. The van der Waals surface area contributed by atoms with Crippen LogP contribution in [0.3, 0.4) is 0 Å². The Morgan fingerprint density at radius 3 is 2.85 bits per heavy atom. The molecule has 0 saturated carbocycles. The second-order valence-electron chi connectivity index (χ2n) is 4.03. The first-order valence-electron chi connectivity index (χ1n) is 5.78. The van der Waals surface area contributed by atoms with Crippen LogP contribution >= 0.6 is 27.5 Å². The minimum Gasteiger partial charge on any atom is -0.484 e. The number of ether oxygens (including phenoxy) is 1. The molecule has 0 heterocycles. The highest BCUT2D eigenvalue weighted by atomic mass is 79.9. The SMILES string of the molecule is Nc1ccc(Br)c(NC(=O)COc2cccc(Cl)c2)c1. The van der Waals surface area contributed by atoms with Crippen LogP contribution in [0.2, 0.25) is 5.02 Å². The fraction of sp³-hybridized carbons (Fsp3) is 0.0714. The van der Waals surface area contributed by atoms with E-state index in [9.17, 15) is 4.79 Å². The molecule has 0 spiro atoms. The van der Waals surface area contributed by atoms with Gasteiger partial charge in [0.05, 0.1) is 5.69 Å². The predicted octanol–water partition coefficient (Wildman–Crippen LogP) is 3.70. The minimum atomic E-state index is -0.281. The molecule has 2 aromatic carbocycles. The van der Waals surface area contributed by atoms with Crippen molar-refractivity contribution in [3.8, 4) is 5.75 Å². The van der Waals surface area contributed by atoms with Crippen molar-refractivity contribution in [3.63, 3.8) is 0 Å². The maximum atomic E-state index is 11.8. The number of hydrogen-bond acceptors (Lipinski definition) is 3. The van der Waals surface area contributed by atoms with E-state index in [1.807, 2.05) is 0 Å². The molecule has 0 aromatic heterocycles. The van der Waals surface area contributed by atoms with E-state index < -0.39 is 0 Å². The number of hydrogen-bond donors (Lipinski definition) is 2. The molecule has 6 heteroatoms. The second-order valence-corrected chi connectivity index (χ2v) is 5.32. The number of nitrogens with two attached hydrogens (primary N) is 1. The number of nitrogen functional groups attached to an aromatic ring is 1. The number of rotatable bonds is 4. The number of amides is 1. The highest BCUT2D eigenvalue weighted by molar-refractivity contribution is 9.10. The summed E-state index contributed by atoms with van der Waals surface area (Å²) in [6.07, 6.45) is 0. The molecule has 0 aliphatic carbocycles. The van der Waals surface area contributed by atoms with Gasteiger partial charge >= 0.3 is 0 Å². The first kappa shape index (κ1) is 14.7. The topological polar surface area (TPSA) is 64.3 Å². The number of halogens is 2. The highest BCUT2D eigenvalue weighted by Crippen LogP contribution is 2.24. The maximum absolute atomic E-state index is 11.8. The van der Waals surface area contributed by atoms with Crippen LogP contribution in [0.5, 0.6) is 5.75 Å². The summed E-state index contributed by atoms with van der Waals surface area (Å²) >= 11 is 9.16. The van der Waals surface area contributed by atoms with Gasteiger partial charge in [-0.05, 0) is 52.3 Å². The highest BCUT2D eigenvalue weighted by Gasteiger charge is 2.07. The zero-order valence-corrected chi connectivity index (χ0v) is 12.7. The molecular weight excluding hydrogens is 344 g/mol. The fourth-order valence-corrected chi connectivity index (χ4v) is 2.06. The van der Waals surface area contributed by atoms with E-state index in [1.54, 1.807) is 42.5 Å². The van der Waals surface area contributed by atoms with E-state index in [2.05, 4.69) is 21.2 Å². The van der Waals surface area contributed by atoms with Crippen LogP contribution in [0, 0.1) is 0 Å². The molecular formula is C14H12BrClN2O2. The predicted molar refractivity (Wildman–Crippen MR) is 84.1 cm³/mol. The summed E-state index contributed by atoms with van der Waals surface area (Å²) in [5.74, 6) is 0.260. The summed E-state index contributed by atoms with van der Waals surface area (Å²) < 4.78 is 6.10. The molecule has 0 unspecified atom stereocenters. The summed E-state index contributed by atoms with van der Waals surface area (Å²) in [6.45, 7) is -0.110. The fourth-order valence-electron chi connectivity index (χ4n) is 1.53. The van der Waals surface area contributed by atoms with Crippen molar-refractivity contribution < 1.29 is 9.53 Å². The van der Waals surface area contributed by atoms with Crippen molar-refractivity contribution in [3.05, 3.63) is 52.0 Å². The van der Waals surface area contributed by atoms with Crippen molar-refractivity contribution in [1.29, 1.82) is 0 Å². The van der Waals surface area contributed by atoms with Gasteiger partial charge in [0.2, 0.25) is 0 Å². The van der Waals surface area contributed by atoms with Crippen LogP contribution in [-0.4, -0.2) is 12.5 Å². The van der Waals surface area contributed by atoms with Gasteiger partial charge in [0.1, 0.15) is 5.75 Å². The molecule has 2 aromatic rings. The van der Waals surface area contributed by atoms with Gasteiger partial charge in [0.15, 0.2) is 6.61 Å². The van der Waals surface area contributed by atoms with Crippen LogP contribution in [0.1, 0.15) is 0 Å². The summed E-state index contributed by atoms with van der Waals surface area (Å²) in [5.41, 5.74) is 6.84. The Balaban J connectivity index is 1.94. The van der Waals surface area contributed by atoms with Gasteiger partial charge in [0.25, 0.3) is 5.91 Å². The third-order valence-corrected chi connectivity index (χ3v) is 3.36. The lowest BCUT2D eigenvalue weighted by Gasteiger charge is -2.09. The van der Waals surface area contributed by atoms with Crippen molar-refractivity contribution in [2.45, 2.75) is 0 Å². The number of carbonyl (C=O) groups excluding carboxylic acids is 1. The maximum Gasteiger partial charge on any atom is 0.262 e. The first-order chi connectivity index (χ1) is 9.54. The van der Waals surface area contributed by atoms with Gasteiger partial charge in [-0.15, -0.1) is 0 Å². The Hall–Kier alpha value is -1.72. The molecule has 4 nitrogen and oxygen atoms in total. The molecule has 104 valence electrons.